The maximum absolute atomic E-state index is 6.22. The van der Waals surface area contributed by atoms with Crippen molar-refractivity contribution < 1.29 is 14.2 Å². The van der Waals surface area contributed by atoms with Crippen molar-refractivity contribution in [2.24, 2.45) is 0 Å². The summed E-state index contributed by atoms with van der Waals surface area (Å²) in [7, 11) is 2.03. The predicted molar refractivity (Wildman–Crippen MR) is 77.5 cm³/mol. The smallest absolute Gasteiger partial charge is 0.231 e. The highest BCUT2D eigenvalue weighted by Crippen LogP contribution is 2.36. The zero-order valence-electron chi connectivity index (χ0n) is 12.1. The van der Waals surface area contributed by atoms with E-state index < -0.39 is 0 Å². The van der Waals surface area contributed by atoms with Crippen LogP contribution in [0.25, 0.3) is 0 Å². The van der Waals surface area contributed by atoms with Crippen LogP contribution in [-0.2, 0) is 0 Å². The number of nitrogens with one attached hydrogen (secondary N) is 1. The van der Waals surface area contributed by atoms with E-state index in [1.807, 2.05) is 25.2 Å². The first-order valence-electron chi connectivity index (χ1n) is 7.60. The minimum absolute atomic E-state index is 0.237. The number of rotatable bonds is 3. The summed E-state index contributed by atoms with van der Waals surface area (Å²) in [5.74, 6) is 2.47. The van der Waals surface area contributed by atoms with E-state index in [1.165, 1.54) is 32.1 Å². The zero-order valence-corrected chi connectivity index (χ0v) is 12.1. The summed E-state index contributed by atoms with van der Waals surface area (Å²) in [6, 6.07) is 6.27. The second-order valence-corrected chi connectivity index (χ2v) is 5.56. The summed E-state index contributed by atoms with van der Waals surface area (Å²) in [6.07, 6.45) is 7.72. The van der Waals surface area contributed by atoms with Gasteiger partial charge in [0.05, 0.1) is 0 Å². The summed E-state index contributed by atoms with van der Waals surface area (Å²) in [5, 5.41) is 3.41. The molecule has 1 aromatic rings. The van der Waals surface area contributed by atoms with Gasteiger partial charge in [0, 0.05) is 12.1 Å². The van der Waals surface area contributed by atoms with E-state index in [1.54, 1.807) is 0 Å². The fraction of sp³-hybridized carbons (Fsp3) is 0.625. The number of hydrogen-bond donors (Lipinski definition) is 1. The van der Waals surface area contributed by atoms with Crippen molar-refractivity contribution in [3.8, 4) is 17.2 Å². The molecule has 2 aliphatic rings. The lowest BCUT2D eigenvalue weighted by atomic mass is 9.94. The molecule has 2 atom stereocenters. The highest BCUT2D eigenvalue weighted by atomic mass is 16.7. The van der Waals surface area contributed by atoms with Crippen LogP contribution in [0.2, 0.25) is 0 Å². The van der Waals surface area contributed by atoms with E-state index in [4.69, 9.17) is 14.2 Å². The Labute approximate surface area is 120 Å². The molecule has 1 fully saturated rings. The molecule has 0 aromatic heterocycles. The third-order valence-corrected chi connectivity index (χ3v) is 4.20. The van der Waals surface area contributed by atoms with Crippen molar-refractivity contribution in [3.63, 3.8) is 0 Å². The molecular formula is C16H23NO3. The minimum atomic E-state index is 0.237. The van der Waals surface area contributed by atoms with Crippen molar-refractivity contribution in [1.29, 1.82) is 0 Å². The quantitative estimate of drug-likeness (QED) is 0.921. The molecule has 2 unspecified atom stereocenters. The monoisotopic (exact) mass is 277 g/mol. The van der Waals surface area contributed by atoms with Gasteiger partial charge in [-0.05, 0) is 38.4 Å². The van der Waals surface area contributed by atoms with Crippen LogP contribution in [0.3, 0.4) is 0 Å². The van der Waals surface area contributed by atoms with E-state index >= 15 is 0 Å². The summed E-state index contributed by atoms with van der Waals surface area (Å²) >= 11 is 0. The lowest BCUT2D eigenvalue weighted by Gasteiger charge is -2.29. The van der Waals surface area contributed by atoms with Gasteiger partial charge in [0.25, 0.3) is 0 Å². The Morgan fingerprint density at radius 2 is 1.85 bits per heavy atom. The molecule has 1 aliphatic heterocycles. The zero-order chi connectivity index (χ0) is 13.8. The number of benzene rings is 1. The predicted octanol–water partition coefficient (Wildman–Crippen LogP) is 3.10. The van der Waals surface area contributed by atoms with Crippen LogP contribution in [-0.4, -0.2) is 26.0 Å². The van der Waals surface area contributed by atoms with Crippen LogP contribution in [0.5, 0.6) is 17.2 Å². The first-order valence-corrected chi connectivity index (χ1v) is 7.60. The molecule has 0 saturated heterocycles. The van der Waals surface area contributed by atoms with Crippen LogP contribution >= 0.6 is 0 Å². The maximum atomic E-state index is 6.22. The first kappa shape index (κ1) is 13.6. The Bertz CT molecular complexity index is 449. The van der Waals surface area contributed by atoms with Gasteiger partial charge in [-0.15, -0.1) is 0 Å². The van der Waals surface area contributed by atoms with Gasteiger partial charge < -0.3 is 19.5 Å². The van der Waals surface area contributed by atoms with Crippen molar-refractivity contribution in [2.45, 2.75) is 50.7 Å². The van der Waals surface area contributed by atoms with Crippen LogP contribution in [0.4, 0.5) is 0 Å². The first-order chi connectivity index (χ1) is 9.86. The van der Waals surface area contributed by atoms with Crippen LogP contribution < -0.4 is 19.5 Å². The van der Waals surface area contributed by atoms with Gasteiger partial charge in [0.15, 0.2) is 11.5 Å². The molecule has 4 heteroatoms. The van der Waals surface area contributed by atoms with E-state index in [0.29, 0.717) is 12.8 Å². The topological polar surface area (TPSA) is 39.7 Å². The van der Waals surface area contributed by atoms with Gasteiger partial charge in [-0.3, -0.25) is 0 Å². The van der Waals surface area contributed by atoms with E-state index in [-0.39, 0.29) is 6.10 Å². The van der Waals surface area contributed by atoms with Gasteiger partial charge in [-0.2, -0.15) is 0 Å². The highest BCUT2D eigenvalue weighted by molar-refractivity contribution is 5.46. The average molecular weight is 277 g/mol. The van der Waals surface area contributed by atoms with Crippen molar-refractivity contribution >= 4 is 0 Å². The van der Waals surface area contributed by atoms with Gasteiger partial charge >= 0.3 is 0 Å². The molecule has 0 amide bonds. The molecule has 0 radical (unpaired) electrons. The molecule has 3 rings (SSSR count). The van der Waals surface area contributed by atoms with E-state index in [0.717, 1.165) is 23.7 Å². The van der Waals surface area contributed by atoms with Crippen molar-refractivity contribution in [3.05, 3.63) is 18.2 Å². The standard InChI is InChI=1S/C16H23NO3/c1-17-13-6-4-2-3-5-7-14(13)20-12-8-9-15-16(10-12)19-11-18-15/h8-10,13-14,17H,2-7,11H2,1H3. The second kappa shape index (κ2) is 6.35. The normalized spacial score (nSPS) is 25.9. The third-order valence-electron chi connectivity index (χ3n) is 4.20. The van der Waals surface area contributed by atoms with Gasteiger partial charge in [0.2, 0.25) is 6.79 Å². The van der Waals surface area contributed by atoms with Gasteiger partial charge in [-0.25, -0.2) is 0 Å². The SMILES string of the molecule is CNC1CCCCCCC1Oc1ccc2c(c1)OCO2. The average Bonchev–Trinajstić information content (AvgIpc) is 2.90. The highest BCUT2D eigenvalue weighted by Gasteiger charge is 2.24. The molecule has 1 aliphatic carbocycles. The Kier molecular flexibility index (Phi) is 4.31. The number of hydrogen-bond acceptors (Lipinski definition) is 4. The number of fused-ring (bicyclic) bond motifs is 1. The Balaban J connectivity index is 1.70. The Hall–Kier alpha value is -1.42. The van der Waals surface area contributed by atoms with E-state index in [9.17, 15) is 0 Å². The molecule has 0 bridgehead atoms. The van der Waals surface area contributed by atoms with Crippen molar-refractivity contribution in [1.82, 2.24) is 5.32 Å². The van der Waals surface area contributed by atoms with Gasteiger partial charge in [0.1, 0.15) is 11.9 Å². The maximum Gasteiger partial charge on any atom is 0.231 e. The van der Waals surface area contributed by atoms with Crippen LogP contribution in [0, 0.1) is 0 Å². The number of likely N-dealkylation sites (N-methyl/N-ethyl adjacent to an activating group) is 1. The van der Waals surface area contributed by atoms with Gasteiger partial charge in [-0.1, -0.05) is 19.3 Å². The lowest BCUT2D eigenvalue weighted by molar-refractivity contribution is 0.130. The molecule has 1 saturated carbocycles. The summed E-state index contributed by atoms with van der Waals surface area (Å²) in [6.45, 7) is 0.307. The number of ether oxygens (including phenoxy) is 3. The largest absolute Gasteiger partial charge is 0.489 e. The molecular weight excluding hydrogens is 254 g/mol. The third kappa shape index (κ3) is 3.01. The second-order valence-electron chi connectivity index (χ2n) is 5.56. The summed E-state index contributed by atoms with van der Waals surface area (Å²) in [5.41, 5.74) is 0. The summed E-state index contributed by atoms with van der Waals surface area (Å²) < 4.78 is 17.0. The summed E-state index contributed by atoms with van der Waals surface area (Å²) in [4.78, 5) is 0. The van der Waals surface area contributed by atoms with E-state index in [2.05, 4.69) is 5.32 Å². The van der Waals surface area contributed by atoms with Crippen molar-refractivity contribution in [2.75, 3.05) is 13.8 Å². The molecule has 110 valence electrons. The van der Waals surface area contributed by atoms with Crippen LogP contribution in [0.1, 0.15) is 38.5 Å². The molecule has 1 aromatic carbocycles. The molecule has 4 nitrogen and oxygen atoms in total. The lowest BCUT2D eigenvalue weighted by Crippen LogP contribution is -2.41. The van der Waals surface area contributed by atoms with Crippen LogP contribution in [0.15, 0.2) is 18.2 Å². The fourth-order valence-corrected chi connectivity index (χ4v) is 3.05. The molecule has 1 N–H and O–H groups in total. The molecule has 1 heterocycles. The fourth-order valence-electron chi connectivity index (χ4n) is 3.05. The Morgan fingerprint density at radius 1 is 1.05 bits per heavy atom. The Morgan fingerprint density at radius 3 is 2.70 bits per heavy atom. The molecule has 20 heavy (non-hydrogen) atoms. The molecule has 0 spiro atoms. The minimum Gasteiger partial charge on any atom is -0.489 e.